The smallest absolute Gasteiger partial charge is 0.163 e. The van der Waals surface area contributed by atoms with Crippen LogP contribution in [0.5, 0.6) is 0 Å². The summed E-state index contributed by atoms with van der Waals surface area (Å²) in [6.45, 7) is 1.13. The maximum absolute atomic E-state index is 12.6. The van der Waals surface area contributed by atoms with Crippen molar-refractivity contribution in [2.45, 2.75) is 63.2 Å². The number of Topliss-reactive ketones (excluding diaryl/α,β-unsaturated/α-hetero) is 1. The van der Waals surface area contributed by atoms with Crippen molar-refractivity contribution in [1.82, 2.24) is 15.0 Å². The molecule has 2 aromatic rings. The van der Waals surface area contributed by atoms with E-state index in [1.165, 1.54) is 32.1 Å². The van der Waals surface area contributed by atoms with E-state index in [0.29, 0.717) is 19.6 Å². The molecular weight excluding hydrogens is 366 g/mol. The summed E-state index contributed by atoms with van der Waals surface area (Å²) < 4.78 is 14.1. The molecule has 0 unspecified atom stereocenters. The van der Waals surface area contributed by atoms with Crippen molar-refractivity contribution in [3.05, 3.63) is 47.8 Å². The van der Waals surface area contributed by atoms with Gasteiger partial charge in [0.05, 0.1) is 25.0 Å². The first kappa shape index (κ1) is 18.9. The average Bonchev–Trinajstić information content (AvgIpc) is 3.47. The number of benzene rings is 1. The Morgan fingerprint density at radius 3 is 2.66 bits per heavy atom. The molecule has 1 aliphatic carbocycles. The number of ketones is 1. The number of carbonyl (C=O) groups is 1. The summed E-state index contributed by atoms with van der Waals surface area (Å²) in [6, 6.07) is 9.52. The fourth-order valence-electron chi connectivity index (χ4n) is 5.20. The third-order valence-corrected chi connectivity index (χ3v) is 6.79. The van der Waals surface area contributed by atoms with Gasteiger partial charge in [-0.25, -0.2) is 4.68 Å². The number of rotatable bonds is 6. The number of aromatic nitrogens is 3. The molecule has 0 bridgehead atoms. The lowest BCUT2D eigenvalue weighted by molar-refractivity contribution is 0.0585. The molecule has 2 aliphatic heterocycles. The average molecular weight is 396 g/mol. The predicted octanol–water partition coefficient (Wildman–Crippen LogP) is 3.63. The molecule has 6 heteroatoms. The molecule has 3 fully saturated rings. The lowest BCUT2D eigenvalue weighted by Gasteiger charge is -2.20. The second kappa shape index (κ2) is 8.36. The van der Waals surface area contributed by atoms with Crippen LogP contribution in [0.25, 0.3) is 0 Å². The molecular formula is C23H29N3O3. The Kier molecular flexibility index (Phi) is 5.46. The van der Waals surface area contributed by atoms with Crippen LogP contribution in [0, 0.1) is 11.8 Å². The number of hydrogen-bond donors (Lipinski definition) is 0. The van der Waals surface area contributed by atoms with Crippen LogP contribution in [0.2, 0.25) is 0 Å². The van der Waals surface area contributed by atoms with E-state index in [2.05, 4.69) is 16.5 Å². The number of hydrogen-bond acceptors (Lipinski definition) is 5. The lowest BCUT2D eigenvalue weighted by Crippen LogP contribution is -2.29. The number of carbonyl (C=O) groups excluding carboxylic acids is 1. The van der Waals surface area contributed by atoms with Gasteiger partial charge in [-0.3, -0.25) is 4.79 Å². The molecule has 4 atom stereocenters. The minimum atomic E-state index is -0.0483. The van der Waals surface area contributed by atoms with E-state index in [1.807, 2.05) is 35.0 Å². The van der Waals surface area contributed by atoms with Crippen LogP contribution in [0.15, 0.2) is 36.5 Å². The van der Waals surface area contributed by atoms with E-state index < -0.39 is 0 Å². The van der Waals surface area contributed by atoms with Crippen molar-refractivity contribution in [2.24, 2.45) is 11.8 Å². The Morgan fingerprint density at radius 1 is 1.03 bits per heavy atom. The molecule has 1 saturated carbocycles. The first-order chi connectivity index (χ1) is 14.3. The number of fused-ring (bicyclic) bond motifs is 1. The highest BCUT2D eigenvalue weighted by Crippen LogP contribution is 2.39. The van der Waals surface area contributed by atoms with E-state index in [9.17, 15) is 4.79 Å². The molecule has 6 nitrogen and oxygen atoms in total. The van der Waals surface area contributed by atoms with Crippen LogP contribution >= 0.6 is 0 Å². The fraction of sp³-hybridized carbons (Fsp3) is 0.609. The van der Waals surface area contributed by atoms with Gasteiger partial charge in [0.2, 0.25) is 0 Å². The second-order valence-electron chi connectivity index (χ2n) is 8.81. The Labute approximate surface area is 171 Å². The minimum Gasteiger partial charge on any atom is -0.373 e. The highest BCUT2D eigenvalue weighted by molar-refractivity contribution is 5.96. The number of nitrogens with zero attached hydrogens (tertiary/aromatic N) is 3. The summed E-state index contributed by atoms with van der Waals surface area (Å²) in [6.07, 6.45) is 10.2. The SMILES string of the molecule is O=C(C[C@H]1CO[C@H]2[C@@H]1OC[C@@H]2n1cc(CC2CCCCC2)nn1)c1ccccc1. The maximum atomic E-state index is 12.6. The third kappa shape index (κ3) is 4.01. The van der Waals surface area contributed by atoms with E-state index in [0.717, 1.165) is 23.6 Å². The van der Waals surface area contributed by atoms with Gasteiger partial charge in [-0.1, -0.05) is 67.6 Å². The molecule has 154 valence electrons. The Morgan fingerprint density at radius 2 is 1.83 bits per heavy atom. The van der Waals surface area contributed by atoms with Crippen molar-refractivity contribution in [3.63, 3.8) is 0 Å². The fourth-order valence-corrected chi connectivity index (χ4v) is 5.20. The minimum absolute atomic E-state index is 0.0429. The molecule has 1 aromatic carbocycles. The lowest BCUT2D eigenvalue weighted by atomic mass is 9.86. The summed E-state index contributed by atoms with van der Waals surface area (Å²) in [4.78, 5) is 12.6. The standard InChI is InChI=1S/C23H29N3O3/c27-21(17-9-5-2-6-10-17)12-18-14-28-23-20(15-29-22(18)23)26-13-19(24-25-26)11-16-7-3-1-4-8-16/h2,5-6,9-10,13,16,18,20,22-23H,1,3-4,7-8,11-12,14-15H2/t18-,20-,22+,23+/m0/s1. The van der Waals surface area contributed by atoms with E-state index in [1.54, 1.807) is 0 Å². The van der Waals surface area contributed by atoms with Gasteiger partial charge >= 0.3 is 0 Å². The van der Waals surface area contributed by atoms with Gasteiger partial charge < -0.3 is 9.47 Å². The highest BCUT2D eigenvalue weighted by atomic mass is 16.6. The molecule has 0 spiro atoms. The summed E-state index contributed by atoms with van der Waals surface area (Å²) in [5.41, 5.74) is 1.84. The molecule has 29 heavy (non-hydrogen) atoms. The number of ether oxygens (including phenoxy) is 2. The Balaban J connectivity index is 1.21. The van der Waals surface area contributed by atoms with E-state index in [-0.39, 0.29) is 30.0 Å². The Bertz CT molecular complexity index is 831. The quantitative estimate of drug-likeness (QED) is 0.699. The molecule has 0 amide bonds. The van der Waals surface area contributed by atoms with Crippen molar-refractivity contribution in [1.29, 1.82) is 0 Å². The molecule has 0 radical (unpaired) electrons. The predicted molar refractivity (Wildman–Crippen MR) is 108 cm³/mol. The van der Waals surface area contributed by atoms with Gasteiger partial charge in [0.15, 0.2) is 5.78 Å². The van der Waals surface area contributed by atoms with E-state index >= 15 is 0 Å². The zero-order chi connectivity index (χ0) is 19.6. The summed E-state index contributed by atoms with van der Waals surface area (Å²) in [7, 11) is 0. The maximum Gasteiger partial charge on any atom is 0.163 e. The largest absolute Gasteiger partial charge is 0.373 e. The molecule has 2 saturated heterocycles. The van der Waals surface area contributed by atoms with Gasteiger partial charge in [-0.2, -0.15) is 0 Å². The summed E-state index contributed by atoms with van der Waals surface area (Å²) in [5, 5.41) is 8.82. The summed E-state index contributed by atoms with van der Waals surface area (Å²) >= 11 is 0. The molecule has 1 aromatic heterocycles. The van der Waals surface area contributed by atoms with Crippen LogP contribution in [-0.4, -0.2) is 46.2 Å². The van der Waals surface area contributed by atoms with Crippen LogP contribution in [-0.2, 0) is 15.9 Å². The Hall–Kier alpha value is -2.05. The normalized spacial score (nSPS) is 29.8. The highest BCUT2D eigenvalue weighted by Gasteiger charge is 2.49. The molecule has 0 N–H and O–H groups in total. The van der Waals surface area contributed by atoms with Gasteiger partial charge in [-0.05, 0) is 12.3 Å². The summed E-state index contributed by atoms with van der Waals surface area (Å²) in [5.74, 6) is 1.00. The first-order valence-corrected chi connectivity index (χ1v) is 11.0. The van der Waals surface area contributed by atoms with Gasteiger partial charge in [0.25, 0.3) is 0 Å². The van der Waals surface area contributed by atoms with Crippen LogP contribution < -0.4 is 0 Å². The zero-order valence-corrected chi connectivity index (χ0v) is 16.8. The van der Waals surface area contributed by atoms with Crippen molar-refractivity contribution < 1.29 is 14.3 Å². The van der Waals surface area contributed by atoms with Crippen molar-refractivity contribution >= 4 is 5.78 Å². The van der Waals surface area contributed by atoms with Gasteiger partial charge in [0.1, 0.15) is 12.1 Å². The topological polar surface area (TPSA) is 66.2 Å². The van der Waals surface area contributed by atoms with Crippen molar-refractivity contribution in [3.8, 4) is 0 Å². The van der Waals surface area contributed by atoms with Crippen LogP contribution in [0.3, 0.4) is 0 Å². The first-order valence-electron chi connectivity index (χ1n) is 11.0. The molecule has 3 aliphatic rings. The third-order valence-electron chi connectivity index (χ3n) is 6.79. The zero-order valence-electron chi connectivity index (χ0n) is 16.8. The molecule has 5 rings (SSSR count). The monoisotopic (exact) mass is 395 g/mol. The second-order valence-corrected chi connectivity index (χ2v) is 8.81. The molecule has 3 heterocycles. The van der Waals surface area contributed by atoms with Crippen LogP contribution in [0.1, 0.15) is 60.6 Å². The van der Waals surface area contributed by atoms with Crippen molar-refractivity contribution in [2.75, 3.05) is 13.2 Å². The van der Waals surface area contributed by atoms with Crippen LogP contribution in [0.4, 0.5) is 0 Å². The van der Waals surface area contributed by atoms with E-state index in [4.69, 9.17) is 9.47 Å². The van der Waals surface area contributed by atoms with Gasteiger partial charge in [-0.15, -0.1) is 5.10 Å². The van der Waals surface area contributed by atoms with Gasteiger partial charge in [0, 0.05) is 24.1 Å².